The maximum Gasteiger partial charge on any atom is 0.184 e. The highest BCUT2D eigenvalue weighted by Gasteiger charge is 2.23. The van der Waals surface area contributed by atoms with Crippen LogP contribution in [-0.4, -0.2) is 15.8 Å². The van der Waals surface area contributed by atoms with Crippen molar-refractivity contribution in [1.29, 1.82) is 0 Å². The summed E-state index contributed by atoms with van der Waals surface area (Å²) in [5, 5.41) is 4.51. The topological polar surface area (TPSA) is 63.3 Å². The van der Waals surface area contributed by atoms with Gasteiger partial charge in [-0.05, 0) is 43.6 Å². The Morgan fingerprint density at radius 3 is 3.06 bits per heavy atom. The number of hydrazone groups is 1. The molecule has 5 heteroatoms. The molecule has 0 aromatic carbocycles. The second kappa shape index (κ2) is 5.72. The molecular formula is C12H16N4S. The molecule has 0 saturated heterocycles. The number of thiocarbonyl (C=S) groups is 1. The number of hydrogen-bond donors (Lipinski definition) is 2. The second-order valence-electron chi connectivity index (χ2n) is 4.13. The number of nitrogens with zero attached hydrogens (tertiary/aromatic N) is 2. The van der Waals surface area contributed by atoms with E-state index in [2.05, 4.69) is 15.5 Å². The third kappa shape index (κ3) is 3.23. The van der Waals surface area contributed by atoms with E-state index in [1.54, 1.807) is 0 Å². The summed E-state index contributed by atoms with van der Waals surface area (Å²) in [5.41, 5.74) is 10.3. The van der Waals surface area contributed by atoms with Crippen LogP contribution < -0.4 is 11.2 Å². The summed E-state index contributed by atoms with van der Waals surface area (Å²) in [5.74, 6) is 0.298. The van der Waals surface area contributed by atoms with Crippen molar-refractivity contribution in [3.8, 4) is 0 Å². The SMILES string of the molecule is NC(=S)N/N=C1/CCCC[C@H]1c1ccccn1. The molecule has 1 heterocycles. The molecule has 0 bridgehead atoms. The van der Waals surface area contributed by atoms with Gasteiger partial charge in [0.1, 0.15) is 0 Å². The molecule has 0 spiro atoms. The Morgan fingerprint density at radius 1 is 1.47 bits per heavy atom. The van der Waals surface area contributed by atoms with Gasteiger partial charge in [-0.2, -0.15) is 5.10 Å². The number of nitrogens with two attached hydrogens (primary N) is 1. The first-order valence-corrected chi connectivity index (χ1v) is 6.21. The van der Waals surface area contributed by atoms with E-state index in [0.717, 1.165) is 24.2 Å². The molecular weight excluding hydrogens is 232 g/mol. The van der Waals surface area contributed by atoms with E-state index < -0.39 is 0 Å². The van der Waals surface area contributed by atoms with Crippen molar-refractivity contribution in [1.82, 2.24) is 10.4 Å². The standard InChI is InChI=1S/C12H16N4S/c13-12(17)16-15-11-7-2-1-5-9(11)10-6-3-4-8-14-10/h3-4,6,8-9H,1-2,5,7H2,(H3,13,16,17)/b15-11-/t9-/m0/s1. The van der Waals surface area contributed by atoms with Crippen molar-refractivity contribution in [2.75, 3.05) is 0 Å². The van der Waals surface area contributed by atoms with Gasteiger partial charge in [-0.3, -0.25) is 10.4 Å². The van der Waals surface area contributed by atoms with E-state index in [1.165, 1.54) is 12.8 Å². The summed E-state index contributed by atoms with van der Waals surface area (Å²) >= 11 is 4.76. The van der Waals surface area contributed by atoms with Crippen molar-refractivity contribution >= 4 is 23.0 Å². The molecule has 90 valence electrons. The summed E-state index contributed by atoms with van der Waals surface area (Å²) in [6.45, 7) is 0. The van der Waals surface area contributed by atoms with E-state index in [0.29, 0.717) is 5.92 Å². The minimum atomic E-state index is 0.211. The fraction of sp³-hybridized carbons (Fsp3) is 0.417. The molecule has 1 fully saturated rings. The van der Waals surface area contributed by atoms with E-state index in [1.807, 2.05) is 24.4 Å². The molecule has 3 N–H and O–H groups in total. The first kappa shape index (κ1) is 12.0. The molecule has 1 aromatic heterocycles. The Hall–Kier alpha value is -1.49. The molecule has 2 rings (SSSR count). The van der Waals surface area contributed by atoms with Gasteiger partial charge in [0.25, 0.3) is 0 Å². The maximum absolute atomic E-state index is 5.39. The van der Waals surface area contributed by atoms with Crippen LogP contribution in [0.2, 0.25) is 0 Å². The van der Waals surface area contributed by atoms with Gasteiger partial charge in [-0.1, -0.05) is 12.5 Å². The zero-order valence-electron chi connectivity index (χ0n) is 9.60. The van der Waals surface area contributed by atoms with Crippen molar-refractivity contribution in [3.05, 3.63) is 30.1 Å². The van der Waals surface area contributed by atoms with Gasteiger partial charge < -0.3 is 5.73 Å². The largest absolute Gasteiger partial charge is 0.375 e. The molecule has 4 nitrogen and oxygen atoms in total. The van der Waals surface area contributed by atoms with Gasteiger partial charge >= 0.3 is 0 Å². The number of aromatic nitrogens is 1. The molecule has 1 aromatic rings. The monoisotopic (exact) mass is 248 g/mol. The van der Waals surface area contributed by atoms with Crippen molar-refractivity contribution < 1.29 is 0 Å². The molecule has 0 aliphatic heterocycles. The minimum absolute atomic E-state index is 0.211. The van der Waals surface area contributed by atoms with E-state index in [4.69, 9.17) is 18.0 Å². The Kier molecular flexibility index (Phi) is 4.03. The quantitative estimate of drug-likeness (QED) is 0.620. The summed E-state index contributed by atoms with van der Waals surface area (Å²) < 4.78 is 0. The highest BCUT2D eigenvalue weighted by molar-refractivity contribution is 7.80. The van der Waals surface area contributed by atoms with Crippen LogP contribution in [0.15, 0.2) is 29.5 Å². The van der Waals surface area contributed by atoms with Gasteiger partial charge in [-0.15, -0.1) is 0 Å². The average molecular weight is 248 g/mol. The van der Waals surface area contributed by atoms with Crippen LogP contribution in [0.4, 0.5) is 0 Å². The van der Waals surface area contributed by atoms with Crippen LogP contribution in [0.5, 0.6) is 0 Å². The number of rotatable bonds is 2. The Balaban J connectivity index is 2.18. The van der Waals surface area contributed by atoms with Crippen LogP contribution in [0.3, 0.4) is 0 Å². The molecule has 0 amide bonds. The minimum Gasteiger partial charge on any atom is -0.375 e. The summed E-state index contributed by atoms with van der Waals surface area (Å²) in [6.07, 6.45) is 6.28. The Bertz CT molecular complexity index is 416. The van der Waals surface area contributed by atoms with Gasteiger partial charge in [0.15, 0.2) is 5.11 Å². The van der Waals surface area contributed by atoms with Crippen LogP contribution in [-0.2, 0) is 0 Å². The lowest BCUT2D eigenvalue weighted by Crippen LogP contribution is -2.28. The summed E-state index contributed by atoms with van der Waals surface area (Å²) in [6, 6.07) is 5.98. The number of nitrogens with one attached hydrogen (secondary N) is 1. The fourth-order valence-electron chi connectivity index (χ4n) is 2.16. The predicted octanol–water partition coefficient (Wildman–Crippen LogP) is 1.93. The lowest BCUT2D eigenvalue weighted by molar-refractivity contribution is 0.599. The zero-order chi connectivity index (χ0) is 12.1. The van der Waals surface area contributed by atoms with Crippen LogP contribution >= 0.6 is 12.2 Å². The Morgan fingerprint density at radius 2 is 2.35 bits per heavy atom. The van der Waals surface area contributed by atoms with Crippen LogP contribution in [0.25, 0.3) is 0 Å². The van der Waals surface area contributed by atoms with E-state index in [9.17, 15) is 0 Å². The molecule has 1 atom stereocenters. The van der Waals surface area contributed by atoms with Crippen molar-refractivity contribution in [3.63, 3.8) is 0 Å². The first-order chi connectivity index (χ1) is 8.27. The van der Waals surface area contributed by atoms with Crippen LogP contribution in [0.1, 0.15) is 37.3 Å². The van der Waals surface area contributed by atoms with Crippen molar-refractivity contribution in [2.45, 2.75) is 31.6 Å². The molecule has 1 aliphatic carbocycles. The molecule has 1 saturated carbocycles. The molecule has 1 aliphatic rings. The lowest BCUT2D eigenvalue weighted by atomic mass is 9.85. The smallest absolute Gasteiger partial charge is 0.184 e. The number of pyridine rings is 1. The summed E-state index contributed by atoms with van der Waals surface area (Å²) in [4.78, 5) is 4.41. The Labute approximate surface area is 106 Å². The first-order valence-electron chi connectivity index (χ1n) is 5.80. The lowest BCUT2D eigenvalue weighted by Gasteiger charge is -2.23. The maximum atomic E-state index is 5.39. The molecule has 17 heavy (non-hydrogen) atoms. The third-order valence-electron chi connectivity index (χ3n) is 2.93. The predicted molar refractivity (Wildman–Crippen MR) is 72.8 cm³/mol. The van der Waals surface area contributed by atoms with Gasteiger partial charge in [0.05, 0.1) is 0 Å². The highest BCUT2D eigenvalue weighted by atomic mass is 32.1. The van der Waals surface area contributed by atoms with E-state index >= 15 is 0 Å². The highest BCUT2D eigenvalue weighted by Crippen LogP contribution is 2.29. The third-order valence-corrected chi connectivity index (χ3v) is 3.02. The second-order valence-corrected chi connectivity index (χ2v) is 4.57. The van der Waals surface area contributed by atoms with E-state index in [-0.39, 0.29) is 5.11 Å². The fourth-order valence-corrected chi connectivity index (χ4v) is 2.20. The zero-order valence-corrected chi connectivity index (χ0v) is 10.4. The van der Waals surface area contributed by atoms with Crippen LogP contribution in [0, 0.1) is 0 Å². The van der Waals surface area contributed by atoms with Crippen molar-refractivity contribution in [2.24, 2.45) is 10.8 Å². The molecule has 0 unspecified atom stereocenters. The summed E-state index contributed by atoms with van der Waals surface area (Å²) in [7, 11) is 0. The van der Waals surface area contributed by atoms with Gasteiger partial charge in [0.2, 0.25) is 0 Å². The van der Waals surface area contributed by atoms with Gasteiger partial charge in [0, 0.05) is 23.5 Å². The number of hydrogen-bond acceptors (Lipinski definition) is 3. The normalized spacial score (nSPS) is 22.4. The molecule has 0 radical (unpaired) electrons. The van der Waals surface area contributed by atoms with Gasteiger partial charge in [-0.25, -0.2) is 0 Å². The average Bonchev–Trinajstić information content (AvgIpc) is 2.38.